The summed E-state index contributed by atoms with van der Waals surface area (Å²) in [6.07, 6.45) is -1.35. The lowest BCUT2D eigenvalue weighted by Gasteiger charge is -2.07. The zero-order chi connectivity index (χ0) is 12.7. The highest BCUT2D eigenvalue weighted by molar-refractivity contribution is 5.35. The Morgan fingerprint density at radius 1 is 1.50 bits per heavy atom. The van der Waals surface area contributed by atoms with Crippen LogP contribution in [-0.2, 0) is 0 Å². The van der Waals surface area contributed by atoms with Gasteiger partial charge in [0, 0.05) is 11.6 Å². The number of halogens is 1. The quantitative estimate of drug-likeness (QED) is 0.613. The molecule has 0 radical (unpaired) electrons. The average molecular weight is 231 g/mol. The van der Waals surface area contributed by atoms with Crippen molar-refractivity contribution in [3.8, 4) is 0 Å². The first-order valence-corrected chi connectivity index (χ1v) is 4.79. The van der Waals surface area contributed by atoms with Gasteiger partial charge in [0.05, 0.1) is 17.6 Å². The van der Waals surface area contributed by atoms with E-state index < -0.39 is 29.1 Å². The molecule has 1 aromatic carbocycles. The minimum atomic E-state index is -1.35. The Bertz CT molecular complexity index is 357. The van der Waals surface area contributed by atoms with Gasteiger partial charge in [-0.3, -0.25) is 10.1 Å². The molecule has 0 aliphatic carbocycles. The molecule has 1 rings (SSSR count). The van der Waals surface area contributed by atoms with Crippen LogP contribution in [0, 0.1) is 15.9 Å². The van der Waals surface area contributed by atoms with Crippen molar-refractivity contribution in [1.82, 2.24) is 0 Å². The molecule has 0 fully saturated rings. The molecule has 0 heterocycles. The van der Waals surface area contributed by atoms with Crippen molar-refractivity contribution in [3.63, 3.8) is 0 Å². The summed E-state index contributed by atoms with van der Waals surface area (Å²) < 4.78 is 13.1. The Labute approximate surface area is 92.3 Å². The van der Waals surface area contributed by atoms with Crippen LogP contribution in [0.4, 0.5) is 10.1 Å². The van der Waals surface area contributed by atoms with Crippen LogP contribution in [0.25, 0.3) is 0 Å². The lowest BCUT2D eigenvalue weighted by Crippen LogP contribution is -2.05. The molecule has 0 bridgehead atoms. The molecule has 5 nitrogen and oxygen atoms in total. The molecule has 0 aliphatic rings. The Hall–Kier alpha value is -1.53. The molecule has 16 heavy (non-hydrogen) atoms. The van der Waals surface area contributed by atoms with E-state index in [1.54, 1.807) is 0 Å². The topological polar surface area (TPSA) is 83.6 Å². The molecule has 0 aliphatic heterocycles. The van der Waals surface area contributed by atoms with Crippen LogP contribution in [0.1, 0.15) is 25.5 Å². The van der Waals surface area contributed by atoms with Gasteiger partial charge in [0.25, 0.3) is 5.69 Å². The molecule has 0 amide bonds. The lowest BCUT2D eigenvalue weighted by molar-refractivity contribution is -0.385. The SMILES string of the molecule is CC.O=[N+]([O-])c1ccc(C(O)CO)c(F)c1. The summed E-state index contributed by atoms with van der Waals surface area (Å²) in [5.41, 5.74) is -0.547. The number of aliphatic hydroxyl groups excluding tert-OH is 2. The Morgan fingerprint density at radius 2 is 2.06 bits per heavy atom. The van der Waals surface area contributed by atoms with Crippen molar-refractivity contribution < 1.29 is 19.5 Å². The number of nitro groups is 1. The zero-order valence-electron chi connectivity index (χ0n) is 9.05. The van der Waals surface area contributed by atoms with Gasteiger partial charge >= 0.3 is 0 Å². The largest absolute Gasteiger partial charge is 0.393 e. The van der Waals surface area contributed by atoms with E-state index >= 15 is 0 Å². The van der Waals surface area contributed by atoms with E-state index in [2.05, 4.69) is 0 Å². The third-order valence-electron chi connectivity index (χ3n) is 1.73. The van der Waals surface area contributed by atoms with Crippen LogP contribution < -0.4 is 0 Å². The maximum absolute atomic E-state index is 13.1. The highest BCUT2D eigenvalue weighted by atomic mass is 19.1. The molecule has 0 spiro atoms. The minimum absolute atomic E-state index is 0.155. The lowest BCUT2D eigenvalue weighted by atomic mass is 10.1. The molecule has 1 unspecified atom stereocenters. The molecule has 2 N–H and O–H groups in total. The predicted molar refractivity (Wildman–Crippen MR) is 56.4 cm³/mol. The van der Waals surface area contributed by atoms with E-state index in [0.29, 0.717) is 6.07 Å². The molecule has 90 valence electrons. The summed E-state index contributed by atoms with van der Waals surface area (Å²) in [4.78, 5) is 9.49. The number of non-ortho nitro benzene ring substituents is 1. The molecule has 1 atom stereocenters. The summed E-state index contributed by atoms with van der Waals surface area (Å²) in [6.45, 7) is 3.37. The predicted octanol–water partition coefficient (Wildman–Crippen LogP) is 1.79. The van der Waals surface area contributed by atoms with Crippen molar-refractivity contribution in [3.05, 3.63) is 39.7 Å². The van der Waals surface area contributed by atoms with Crippen molar-refractivity contribution in [2.45, 2.75) is 20.0 Å². The number of hydrogen-bond acceptors (Lipinski definition) is 4. The first-order valence-electron chi connectivity index (χ1n) is 4.79. The summed E-state index contributed by atoms with van der Waals surface area (Å²) in [5, 5.41) is 27.9. The average Bonchev–Trinajstić information content (AvgIpc) is 2.30. The van der Waals surface area contributed by atoms with E-state index in [-0.39, 0.29) is 5.56 Å². The van der Waals surface area contributed by atoms with Gasteiger partial charge in [-0.2, -0.15) is 0 Å². The number of nitrogens with zero attached hydrogens (tertiary/aromatic N) is 1. The minimum Gasteiger partial charge on any atom is -0.393 e. The highest BCUT2D eigenvalue weighted by Crippen LogP contribution is 2.21. The Balaban J connectivity index is 0.00000106. The molecule has 0 aromatic heterocycles. The van der Waals surface area contributed by atoms with E-state index in [0.717, 1.165) is 12.1 Å². The van der Waals surface area contributed by atoms with Gasteiger partial charge in [-0.15, -0.1) is 0 Å². The van der Waals surface area contributed by atoms with Crippen molar-refractivity contribution in [1.29, 1.82) is 0 Å². The van der Waals surface area contributed by atoms with Crippen LogP contribution in [0.3, 0.4) is 0 Å². The molecular weight excluding hydrogens is 217 g/mol. The third kappa shape index (κ3) is 3.56. The van der Waals surface area contributed by atoms with E-state index in [9.17, 15) is 14.5 Å². The van der Waals surface area contributed by atoms with E-state index in [1.165, 1.54) is 0 Å². The fourth-order valence-corrected chi connectivity index (χ4v) is 0.998. The first-order chi connectivity index (χ1) is 7.56. The van der Waals surface area contributed by atoms with Crippen LogP contribution >= 0.6 is 0 Å². The molecule has 0 saturated heterocycles. The summed E-state index contributed by atoms with van der Waals surface area (Å²) in [5.74, 6) is -0.902. The highest BCUT2D eigenvalue weighted by Gasteiger charge is 2.15. The van der Waals surface area contributed by atoms with E-state index in [1.807, 2.05) is 13.8 Å². The number of rotatable bonds is 3. The van der Waals surface area contributed by atoms with Gasteiger partial charge in [-0.25, -0.2) is 4.39 Å². The second-order valence-corrected chi connectivity index (χ2v) is 2.66. The van der Waals surface area contributed by atoms with Gasteiger partial charge < -0.3 is 10.2 Å². The molecule has 6 heteroatoms. The van der Waals surface area contributed by atoms with E-state index in [4.69, 9.17) is 10.2 Å². The fraction of sp³-hybridized carbons (Fsp3) is 0.400. The zero-order valence-corrected chi connectivity index (χ0v) is 9.05. The van der Waals surface area contributed by atoms with Crippen molar-refractivity contribution in [2.75, 3.05) is 6.61 Å². The van der Waals surface area contributed by atoms with Gasteiger partial charge in [0.1, 0.15) is 11.9 Å². The summed E-state index contributed by atoms with van der Waals surface area (Å²) in [6, 6.07) is 2.85. The van der Waals surface area contributed by atoms with Gasteiger partial charge in [0.15, 0.2) is 0 Å². The number of hydrogen-bond donors (Lipinski definition) is 2. The Morgan fingerprint density at radius 3 is 2.44 bits per heavy atom. The second kappa shape index (κ2) is 6.86. The molecular formula is C10H14FNO4. The maximum atomic E-state index is 13.1. The summed E-state index contributed by atoms with van der Waals surface area (Å²) >= 11 is 0. The van der Waals surface area contributed by atoms with Crippen molar-refractivity contribution in [2.24, 2.45) is 0 Å². The monoisotopic (exact) mass is 231 g/mol. The van der Waals surface area contributed by atoms with Crippen LogP contribution in [0.2, 0.25) is 0 Å². The smallest absolute Gasteiger partial charge is 0.272 e. The van der Waals surface area contributed by atoms with Crippen molar-refractivity contribution >= 4 is 5.69 Å². The maximum Gasteiger partial charge on any atom is 0.272 e. The second-order valence-electron chi connectivity index (χ2n) is 2.66. The van der Waals surface area contributed by atoms with Crippen LogP contribution in [0.5, 0.6) is 0 Å². The van der Waals surface area contributed by atoms with Gasteiger partial charge in [-0.05, 0) is 6.07 Å². The van der Waals surface area contributed by atoms with Crippen LogP contribution in [-0.4, -0.2) is 21.7 Å². The first kappa shape index (κ1) is 14.5. The standard InChI is InChI=1S/C8H8FNO4.C2H6/c9-7-3-5(10(13)14)1-2-6(7)8(12)4-11;1-2/h1-3,8,11-12H,4H2;1-2H3. The Kier molecular flexibility index (Phi) is 6.21. The van der Waals surface area contributed by atoms with Crippen LogP contribution in [0.15, 0.2) is 18.2 Å². The normalized spacial score (nSPS) is 11.3. The number of benzene rings is 1. The number of nitro benzene ring substituents is 1. The third-order valence-corrected chi connectivity index (χ3v) is 1.73. The summed E-state index contributed by atoms with van der Waals surface area (Å²) in [7, 11) is 0. The molecule has 1 aromatic rings. The number of aliphatic hydroxyl groups is 2. The molecule has 0 saturated carbocycles. The van der Waals surface area contributed by atoms with Gasteiger partial charge in [0.2, 0.25) is 0 Å². The van der Waals surface area contributed by atoms with Gasteiger partial charge in [-0.1, -0.05) is 13.8 Å². The fourth-order valence-electron chi connectivity index (χ4n) is 0.998.